The third-order valence-electron chi connectivity index (χ3n) is 1.49. The Morgan fingerprint density at radius 2 is 0.846 bits per heavy atom. The predicted octanol–water partition coefficient (Wildman–Crippen LogP) is -0.608. The molecule has 0 aromatic carbocycles. The fourth-order valence-corrected chi connectivity index (χ4v) is 0. The molecule has 5 heteroatoms. The van der Waals surface area contributed by atoms with E-state index in [1.165, 1.54) is 0 Å². The first kappa shape index (κ1) is 20.0. The van der Waals surface area contributed by atoms with Crippen molar-refractivity contribution in [3.05, 3.63) is 0 Å². The summed E-state index contributed by atoms with van der Waals surface area (Å²) in [7, 11) is 7.30. The van der Waals surface area contributed by atoms with E-state index in [0.717, 1.165) is 0 Å². The van der Waals surface area contributed by atoms with E-state index < -0.39 is 0 Å². The van der Waals surface area contributed by atoms with E-state index in [2.05, 4.69) is 0 Å². The molecular weight excluding hydrogens is 195 g/mol. The molecule has 0 fully saturated rings. The van der Waals surface area contributed by atoms with Gasteiger partial charge in [0.15, 0.2) is 0 Å². The predicted molar refractivity (Wildman–Crippen MR) is 56.5 cm³/mol. The van der Waals surface area contributed by atoms with Gasteiger partial charge in [0, 0.05) is 51.4 Å². The van der Waals surface area contributed by atoms with Crippen molar-refractivity contribution >= 4 is 51.4 Å². The normalized spacial score (nSPS) is 14.3. The molecule has 2 unspecified atom stereocenters. The maximum atomic E-state index is 8.56. The summed E-state index contributed by atoms with van der Waals surface area (Å²) in [5, 5.41) is 17.1. The zero-order valence-corrected chi connectivity index (χ0v) is 13.1. The summed E-state index contributed by atoms with van der Waals surface area (Å²) in [6, 6.07) is 0. The van der Waals surface area contributed by atoms with Gasteiger partial charge in [-0.05, 0) is 42.0 Å². The molecule has 0 rings (SSSR count). The standard InChI is InChI=1S/2C4H11NO.K/c2*1-4(6)5(2)3;/h2*4,6H,1-3H3;. The molecule has 2 N–H and O–H groups in total. The first-order valence-electron chi connectivity index (χ1n) is 3.98. The summed E-state index contributed by atoms with van der Waals surface area (Å²) < 4.78 is 0. The van der Waals surface area contributed by atoms with Crippen LogP contribution in [0.15, 0.2) is 0 Å². The fourth-order valence-electron chi connectivity index (χ4n) is 0. The molecule has 13 heavy (non-hydrogen) atoms. The van der Waals surface area contributed by atoms with Crippen LogP contribution < -0.4 is 0 Å². The van der Waals surface area contributed by atoms with Crippen molar-refractivity contribution in [2.45, 2.75) is 26.3 Å². The van der Waals surface area contributed by atoms with Crippen LogP contribution in [0.5, 0.6) is 0 Å². The zero-order chi connectivity index (χ0) is 10.3. The molecule has 0 aliphatic carbocycles. The molecule has 0 amide bonds. The number of hydrogen-bond acceptors (Lipinski definition) is 4. The largest absolute Gasteiger partial charge is 0.379 e. The molecule has 0 aromatic rings. The van der Waals surface area contributed by atoms with Crippen molar-refractivity contribution in [2.24, 2.45) is 0 Å². The molecule has 0 bridgehead atoms. The van der Waals surface area contributed by atoms with Gasteiger partial charge in [0.1, 0.15) is 12.5 Å². The Bertz CT molecular complexity index is 74.1. The maximum absolute atomic E-state index is 8.56. The number of aliphatic hydroxyl groups is 2. The second kappa shape index (κ2) is 11.6. The van der Waals surface area contributed by atoms with E-state index in [1.807, 2.05) is 28.2 Å². The van der Waals surface area contributed by atoms with Gasteiger partial charge in [-0.1, -0.05) is 0 Å². The average molecular weight is 217 g/mol. The van der Waals surface area contributed by atoms with Gasteiger partial charge in [0.25, 0.3) is 0 Å². The molecule has 2 atom stereocenters. The Kier molecular flexibility index (Phi) is 17.7. The maximum Gasteiger partial charge on any atom is 0.104 e. The second-order valence-electron chi connectivity index (χ2n) is 3.19. The smallest absolute Gasteiger partial charge is 0.104 e. The minimum atomic E-state index is -0.315. The third-order valence-corrected chi connectivity index (χ3v) is 1.49. The van der Waals surface area contributed by atoms with Gasteiger partial charge in [-0.2, -0.15) is 0 Å². The summed E-state index contributed by atoms with van der Waals surface area (Å²) in [4.78, 5) is 3.44. The van der Waals surface area contributed by atoms with E-state index in [9.17, 15) is 0 Å². The first-order chi connectivity index (χ1) is 5.29. The van der Waals surface area contributed by atoms with Crippen molar-refractivity contribution in [2.75, 3.05) is 28.2 Å². The van der Waals surface area contributed by atoms with E-state index in [1.54, 1.807) is 23.6 Å². The van der Waals surface area contributed by atoms with Gasteiger partial charge in [0.05, 0.1) is 0 Å². The molecule has 77 valence electrons. The van der Waals surface area contributed by atoms with Crippen molar-refractivity contribution in [1.82, 2.24) is 9.80 Å². The molecule has 4 nitrogen and oxygen atoms in total. The molecule has 0 aliphatic rings. The van der Waals surface area contributed by atoms with Gasteiger partial charge >= 0.3 is 0 Å². The van der Waals surface area contributed by atoms with Crippen LogP contribution in [-0.2, 0) is 0 Å². The summed E-state index contributed by atoms with van der Waals surface area (Å²) >= 11 is 0. The quantitative estimate of drug-likeness (QED) is 0.479. The summed E-state index contributed by atoms with van der Waals surface area (Å²) in [5.74, 6) is 0. The molecular formula is C8H22KN2O2. The van der Waals surface area contributed by atoms with Crippen LogP contribution in [-0.4, -0.2) is 112 Å². The Labute approximate surface area is 124 Å². The molecule has 1 radical (unpaired) electrons. The zero-order valence-electron chi connectivity index (χ0n) is 9.94. The summed E-state index contributed by atoms with van der Waals surface area (Å²) in [6.07, 6.45) is -0.630. The minimum Gasteiger partial charge on any atom is -0.379 e. The van der Waals surface area contributed by atoms with Gasteiger partial charge in [-0.25, -0.2) is 0 Å². The Morgan fingerprint density at radius 1 is 0.769 bits per heavy atom. The van der Waals surface area contributed by atoms with Crippen molar-refractivity contribution in [3.63, 3.8) is 0 Å². The van der Waals surface area contributed by atoms with Gasteiger partial charge in [-0.15, -0.1) is 0 Å². The molecule has 0 saturated heterocycles. The minimum absolute atomic E-state index is 0. The van der Waals surface area contributed by atoms with Crippen LogP contribution in [0.4, 0.5) is 0 Å². The number of aliphatic hydroxyl groups excluding tert-OH is 2. The van der Waals surface area contributed by atoms with Gasteiger partial charge in [0.2, 0.25) is 0 Å². The second-order valence-corrected chi connectivity index (χ2v) is 3.19. The molecule has 0 heterocycles. The number of rotatable bonds is 2. The van der Waals surface area contributed by atoms with Crippen molar-refractivity contribution in [1.29, 1.82) is 0 Å². The van der Waals surface area contributed by atoms with E-state index in [-0.39, 0.29) is 63.8 Å². The van der Waals surface area contributed by atoms with E-state index >= 15 is 0 Å². The average Bonchev–Trinajstić information content (AvgIpc) is 1.88. The van der Waals surface area contributed by atoms with Crippen LogP contribution in [0.1, 0.15) is 13.8 Å². The van der Waals surface area contributed by atoms with Gasteiger partial charge < -0.3 is 10.2 Å². The number of nitrogens with zero attached hydrogens (tertiary/aromatic N) is 2. The van der Waals surface area contributed by atoms with Gasteiger partial charge in [-0.3, -0.25) is 9.80 Å². The third kappa shape index (κ3) is 19.8. The SMILES string of the molecule is CC(O)N(C)C.CC(O)N(C)C.[K]. The van der Waals surface area contributed by atoms with E-state index in [0.29, 0.717) is 0 Å². The van der Waals surface area contributed by atoms with Crippen molar-refractivity contribution < 1.29 is 10.2 Å². The Morgan fingerprint density at radius 3 is 0.846 bits per heavy atom. The molecule has 0 aromatic heterocycles. The number of hydrogen-bond donors (Lipinski definition) is 2. The van der Waals surface area contributed by atoms with Crippen LogP contribution in [0.2, 0.25) is 0 Å². The topological polar surface area (TPSA) is 46.9 Å². The molecule has 0 saturated carbocycles. The Balaban J connectivity index is -0.000000143. The Hall–Kier alpha value is 1.48. The molecule has 0 aliphatic heterocycles. The van der Waals surface area contributed by atoms with Crippen LogP contribution in [0.25, 0.3) is 0 Å². The first-order valence-corrected chi connectivity index (χ1v) is 3.98. The summed E-state index contributed by atoms with van der Waals surface area (Å²) in [5.41, 5.74) is 0. The fraction of sp³-hybridized carbons (Fsp3) is 1.00. The monoisotopic (exact) mass is 217 g/mol. The van der Waals surface area contributed by atoms with Crippen LogP contribution >= 0.6 is 0 Å². The van der Waals surface area contributed by atoms with Crippen LogP contribution in [0, 0.1) is 0 Å². The van der Waals surface area contributed by atoms with Crippen LogP contribution in [0.3, 0.4) is 0 Å². The molecule has 0 spiro atoms. The van der Waals surface area contributed by atoms with Crippen molar-refractivity contribution in [3.8, 4) is 0 Å². The van der Waals surface area contributed by atoms with E-state index in [4.69, 9.17) is 10.2 Å². The summed E-state index contributed by atoms with van der Waals surface area (Å²) in [6.45, 7) is 3.44.